The van der Waals surface area contributed by atoms with Crippen LogP contribution in [-0.2, 0) is 9.53 Å². The van der Waals surface area contributed by atoms with Crippen LogP contribution in [0.2, 0.25) is 0 Å². The van der Waals surface area contributed by atoms with Gasteiger partial charge in [-0.2, -0.15) is 0 Å². The largest absolute Gasteiger partial charge is 0.469 e. The van der Waals surface area contributed by atoms with Crippen molar-refractivity contribution in [3.8, 4) is 0 Å². The molecule has 3 nitrogen and oxygen atoms in total. The van der Waals surface area contributed by atoms with E-state index in [0.29, 0.717) is 6.54 Å². The molecule has 0 heterocycles. The van der Waals surface area contributed by atoms with Crippen LogP contribution in [0.1, 0.15) is 6.92 Å². The van der Waals surface area contributed by atoms with E-state index >= 15 is 0 Å². The first-order valence-electron chi connectivity index (χ1n) is 2.59. The third-order valence-corrected chi connectivity index (χ3v) is 1.04. The Labute approximate surface area is 48.8 Å². The maximum Gasteiger partial charge on any atom is 0.314 e. The highest BCUT2D eigenvalue weighted by Crippen LogP contribution is 1.90. The van der Waals surface area contributed by atoms with Gasteiger partial charge in [0.15, 0.2) is 0 Å². The lowest BCUT2D eigenvalue weighted by Crippen LogP contribution is -2.54. The molecule has 0 aliphatic rings. The zero-order valence-corrected chi connectivity index (χ0v) is 5.31. The summed E-state index contributed by atoms with van der Waals surface area (Å²) in [5.41, 5.74) is 3.55. The van der Waals surface area contributed by atoms with Crippen LogP contribution >= 0.6 is 0 Å². The topological polar surface area (TPSA) is 53.9 Å². The van der Waals surface area contributed by atoms with Gasteiger partial charge in [-0.05, 0) is 6.92 Å². The molecule has 0 saturated heterocycles. The van der Waals surface area contributed by atoms with Gasteiger partial charge in [-0.3, -0.25) is 4.79 Å². The standard InChI is InChI=1S/C5H11NO2/c1-4(3-6)5(7)8-2/h4H,3,6H2,1-2H3/p+1. The van der Waals surface area contributed by atoms with Crippen LogP contribution < -0.4 is 5.73 Å². The highest BCUT2D eigenvalue weighted by Gasteiger charge is 2.11. The summed E-state index contributed by atoms with van der Waals surface area (Å²) < 4.78 is 4.42. The molecule has 0 aliphatic carbocycles. The summed E-state index contributed by atoms with van der Waals surface area (Å²) in [6.07, 6.45) is 0. The molecule has 0 spiro atoms. The minimum Gasteiger partial charge on any atom is -0.469 e. The molecule has 3 N–H and O–H groups in total. The van der Waals surface area contributed by atoms with Crippen LogP contribution in [0.25, 0.3) is 0 Å². The average Bonchev–Trinajstić information content (AvgIpc) is 1.84. The summed E-state index contributed by atoms with van der Waals surface area (Å²) in [6.45, 7) is 2.39. The predicted octanol–water partition coefficient (Wildman–Crippen LogP) is -0.963. The SMILES string of the molecule is COC(=O)C(C)C[NH3+]. The summed E-state index contributed by atoms with van der Waals surface area (Å²) in [4.78, 5) is 10.5. The Morgan fingerprint density at radius 2 is 2.38 bits per heavy atom. The van der Waals surface area contributed by atoms with E-state index in [1.54, 1.807) is 6.92 Å². The van der Waals surface area contributed by atoms with Crippen molar-refractivity contribution >= 4 is 5.97 Å². The quantitative estimate of drug-likeness (QED) is 0.475. The number of quaternary nitrogens is 1. The van der Waals surface area contributed by atoms with Crippen molar-refractivity contribution in [2.75, 3.05) is 13.7 Å². The van der Waals surface area contributed by atoms with E-state index in [1.807, 2.05) is 0 Å². The Morgan fingerprint density at radius 3 is 2.50 bits per heavy atom. The van der Waals surface area contributed by atoms with Crippen LogP contribution in [0.4, 0.5) is 0 Å². The molecule has 0 aromatic heterocycles. The van der Waals surface area contributed by atoms with Gasteiger partial charge in [0.1, 0.15) is 5.92 Å². The minimum absolute atomic E-state index is 0.0556. The second kappa shape index (κ2) is 3.43. The Balaban J connectivity index is 3.46. The number of methoxy groups -OCH3 is 1. The first kappa shape index (κ1) is 7.43. The molecule has 0 fully saturated rings. The molecule has 0 aromatic carbocycles. The fraction of sp³-hybridized carbons (Fsp3) is 0.800. The highest BCUT2D eigenvalue weighted by molar-refractivity contribution is 5.71. The highest BCUT2D eigenvalue weighted by atomic mass is 16.5. The van der Waals surface area contributed by atoms with Crippen molar-refractivity contribution in [3.05, 3.63) is 0 Å². The Hall–Kier alpha value is -0.570. The van der Waals surface area contributed by atoms with Crippen molar-refractivity contribution < 1.29 is 15.3 Å². The van der Waals surface area contributed by atoms with Crippen LogP contribution in [0, 0.1) is 5.92 Å². The van der Waals surface area contributed by atoms with Gasteiger partial charge in [-0.15, -0.1) is 0 Å². The summed E-state index contributed by atoms with van der Waals surface area (Å²) in [6, 6.07) is 0. The molecule has 1 atom stereocenters. The molecule has 0 radical (unpaired) electrons. The Bertz CT molecular complexity index is 82.5. The number of carbonyl (C=O) groups excluding carboxylic acids is 1. The molecule has 3 heteroatoms. The molecule has 0 aliphatic heterocycles. The summed E-state index contributed by atoms with van der Waals surface area (Å²) in [5.74, 6) is -0.236. The fourth-order valence-corrected chi connectivity index (χ4v) is 0.319. The molecule has 0 rings (SSSR count). The van der Waals surface area contributed by atoms with Crippen molar-refractivity contribution in [2.24, 2.45) is 5.92 Å². The summed E-state index contributed by atoms with van der Waals surface area (Å²) in [5, 5.41) is 0. The second-order valence-electron chi connectivity index (χ2n) is 1.71. The number of hydrogen-bond donors (Lipinski definition) is 1. The van der Waals surface area contributed by atoms with Gasteiger partial charge in [-0.25, -0.2) is 0 Å². The molecule has 0 saturated carbocycles. The predicted molar refractivity (Wildman–Crippen MR) is 28.9 cm³/mol. The Kier molecular flexibility index (Phi) is 3.19. The average molecular weight is 118 g/mol. The van der Waals surface area contributed by atoms with Gasteiger partial charge in [0, 0.05) is 0 Å². The minimum atomic E-state index is -0.181. The van der Waals surface area contributed by atoms with Crippen molar-refractivity contribution in [1.82, 2.24) is 0 Å². The van der Waals surface area contributed by atoms with Gasteiger partial charge in [-0.1, -0.05) is 0 Å². The van der Waals surface area contributed by atoms with Gasteiger partial charge in [0.25, 0.3) is 0 Å². The number of hydrogen-bond acceptors (Lipinski definition) is 2. The van der Waals surface area contributed by atoms with Crippen LogP contribution in [0.5, 0.6) is 0 Å². The summed E-state index contributed by atoms with van der Waals surface area (Å²) in [7, 11) is 1.38. The number of esters is 1. The molecule has 0 aromatic rings. The van der Waals surface area contributed by atoms with Crippen molar-refractivity contribution in [3.63, 3.8) is 0 Å². The lowest BCUT2D eigenvalue weighted by Gasteiger charge is -2.00. The second-order valence-corrected chi connectivity index (χ2v) is 1.71. The molecular formula is C5H12NO2+. The fourth-order valence-electron chi connectivity index (χ4n) is 0.319. The van der Waals surface area contributed by atoms with E-state index in [4.69, 9.17) is 0 Å². The van der Waals surface area contributed by atoms with E-state index in [-0.39, 0.29) is 11.9 Å². The van der Waals surface area contributed by atoms with Gasteiger partial charge < -0.3 is 10.5 Å². The maximum atomic E-state index is 10.5. The molecule has 8 heavy (non-hydrogen) atoms. The smallest absolute Gasteiger partial charge is 0.314 e. The summed E-state index contributed by atoms with van der Waals surface area (Å²) >= 11 is 0. The monoisotopic (exact) mass is 118 g/mol. The van der Waals surface area contributed by atoms with Gasteiger partial charge >= 0.3 is 5.97 Å². The Morgan fingerprint density at radius 1 is 1.88 bits per heavy atom. The van der Waals surface area contributed by atoms with E-state index < -0.39 is 0 Å². The van der Waals surface area contributed by atoms with Gasteiger partial charge in [0.2, 0.25) is 0 Å². The molecule has 1 unspecified atom stereocenters. The van der Waals surface area contributed by atoms with E-state index in [2.05, 4.69) is 10.5 Å². The molecule has 0 bridgehead atoms. The lowest BCUT2D eigenvalue weighted by atomic mass is 10.2. The molecule has 0 amide bonds. The van der Waals surface area contributed by atoms with Gasteiger partial charge in [0.05, 0.1) is 13.7 Å². The van der Waals surface area contributed by atoms with Crippen LogP contribution in [0.3, 0.4) is 0 Å². The first-order valence-corrected chi connectivity index (χ1v) is 2.59. The van der Waals surface area contributed by atoms with E-state index in [0.717, 1.165) is 0 Å². The number of carbonyl (C=O) groups is 1. The molecular weight excluding hydrogens is 106 g/mol. The van der Waals surface area contributed by atoms with Crippen LogP contribution in [-0.4, -0.2) is 19.6 Å². The number of ether oxygens (including phenoxy) is 1. The van der Waals surface area contributed by atoms with E-state index in [1.165, 1.54) is 7.11 Å². The normalized spacial score (nSPS) is 12.9. The lowest BCUT2D eigenvalue weighted by molar-refractivity contribution is -0.375. The zero-order valence-electron chi connectivity index (χ0n) is 5.31. The maximum absolute atomic E-state index is 10.5. The number of rotatable bonds is 2. The third kappa shape index (κ3) is 1.93. The first-order chi connectivity index (χ1) is 3.72. The van der Waals surface area contributed by atoms with Crippen molar-refractivity contribution in [2.45, 2.75) is 6.92 Å². The molecule has 48 valence electrons. The third-order valence-electron chi connectivity index (χ3n) is 1.04. The van der Waals surface area contributed by atoms with Crippen LogP contribution in [0.15, 0.2) is 0 Å². The van der Waals surface area contributed by atoms with E-state index in [9.17, 15) is 4.79 Å². The van der Waals surface area contributed by atoms with Crippen molar-refractivity contribution in [1.29, 1.82) is 0 Å². The zero-order chi connectivity index (χ0) is 6.57.